The summed E-state index contributed by atoms with van der Waals surface area (Å²) in [7, 11) is 3.12. The van der Waals surface area contributed by atoms with Crippen LogP contribution in [0.4, 0.5) is 5.69 Å². The van der Waals surface area contributed by atoms with Gasteiger partial charge >= 0.3 is 0 Å². The van der Waals surface area contributed by atoms with Crippen molar-refractivity contribution in [2.45, 2.75) is 13.3 Å². The molecule has 33 heavy (non-hydrogen) atoms. The van der Waals surface area contributed by atoms with E-state index in [1.165, 1.54) is 21.8 Å². The molecule has 0 aromatic heterocycles. The molecule has 3 amide bonds. The minimum Gasteiger partial charge on any atom is -0.497 e. The molecule has 3 rings (SSSR count). The van der Waals surface area contributed by atoms with Crippen LogP contribution in [0.5, 0.6) is 5.75 Å². The second-order valence-corrected chi connectivity index (χ2v) is 8.18. The van der Waals surface area contributed by atoms with Crippen LogP contribution >= 0.6 is 11.6 Å². The average molecular weight is 474 g/mol. The van der Waals surface area contributed by atoms with E-state index in [2.05, 4.69) is 0 Å². The molecular weight excluding hydrogens is 446 g/mol. The van der Waals surface area contributed by atoms with Crippen molar-refractivity contribution < 1.29 is 23.9 Å². The molecule has 1 saturated heterocycles. The molecule has 1 aliphatic rings. The molecule has 0 aliphatic carbocycles. The minimum atomic E-state index is -0.301. The van der Waals surface area contributed by atoms with Gasteiger partial charge in [0.1, 0.15) is 19.0 Å². The molecule has 0 N–H and O–H groups in total. The van der Waals surface area contributed by atoms with Crippen molar-refractivity contribution in [1.29, 1.82) is 0 Å². The first-order valence-electron chi connectivity index (χ1n) is 10.6. The number of methoxy groups -OCH3 is 2. The Balaban J connectivity index is 1.67. The number of anilines is 1. The first-order chi connectivity index (χ1) is 15.8. The van der Waals surface area contributed by atoms with E-state index in [-0.39, 0.29) is 50.4 Å². The van der Waals surface area contributed by atoms with E-state index in [0.717, 1.165) is 11.1 Å². The van der Waals surface area contributed by atoms with E-state index in [1.807, 2.05) is 19.1 Å². The van der Waals surface area contributed by atoms with Crippen LogP contribution in [0.2, 0.25) is 5.02 Å². The minimum absolute atomic E-state index is 0.0461. The lowest BCUT2D eigenvalue weighted by molar-refractivity contribution is -0.140. The number of halogens is 1. The van der Waals surface area contributed by atoms with Gasteiger partial charge in [0, 0.05) is 24.4 Å². The average Bonchev–Trinajstić information content (AvgIpc) is 3.20. The summed E-state index contributed by atoms with van der Waals surface area (Å²) in [5.74, 6) is 0.0147. The molecule has 0 saturated carbocycles. The van der Waals surface area contributed by atoms with Crippen molar-refractivity contribution in [1.82, 2.24) is 9.80 Å². The van der Waals surface area contributed by atoms with E-state index < -0.39 is 0 Å². The summed E-state index contributed by atoms with van der Waals surface area (Å²) in [6.07, 6.45) is 0.147. The Hall–Kier alpha value is -3.10. The fourth-order valence-corrected chi connectivity index (χ4v) is 3.77. The quantitative estimate of drug-likeness (QED) is 0.559. The Morgan fingerprint density at radius 3 is 2.52 bits per heavy atom. The SMILES string of the molecule is COCCN(CC(=O)N1CC(=O)N(c2cccc(Cl)c2C)C1)C(=O)Cc1ccc(OC)cc1. The molecule has 8 nitrogen and oxygen atoms in total. The van der Waals surface area contributed by atoms with Gasteiger partial charge in [0.25, 0.3) is 0 Å². The van der Waals surface area contributed by atoms with Crippen molar-refractivity contribution >= 4 is 35.0 Å². The highest BCUT2D eigenvalue weighted by atomic mass is 35.5. The number of ether oxygens (including phenoxy) is 2. The monoisotopic (exact) mass is 473 g/mol. The number of hydrogen-bond donors (Lipinski definition) is 0. The van der Waals surface area contributed by atoms with E-state index in [9.17, 15) is 14.4 Å². The third-order valence-corrected chi connectivity index (χ3v) is 5.99. The molecular formula is C24H28ClN3O5. The molecule has 1 fully saturated rings. The first-order valence-corrected chi connectivity index (χ1v) is 10.9. The molecule has 0 bridgehead atoms. The van der Waals surface area contributed by atoms with Gasteiger partial charge in [0.05, 0.1) is 26.7 Å². The number of amides is 3. The van der Waals surface area contributed by atoms with E-state index in [0.29, 0.717) is 23.1 Å². The van der Waals surface area contributed by atoms with Gasteiger partial charge in [-0.3, -0.25) is 19.3 Å². The van der Waals surface area contributed by atoms with Crippen molar-refractivity contribution in [3.8, 4) is 5.75 Å². The Kier molecular flexibility index (Phi) is 8.30. The van der Waals surface area contributed by atoms with E-state index in [4.69, 9.17) is 21.1 Å². The van der Waals surface area contributed by atoms with Crippen LogP contribution in [0.3, 0.4) is 0 Å². The highest BCUT2D eigenvalue weighted by Crippen LogP contribution is 2.28. The van der Waals surface area contributed by atoms with Gasteiger partial charge in [0.15, 0.2) is 0 Å². The molecule has 1 heterocycles. The number of benzene rings is 2. The van der Waals surface area contributed by atoms with E-state index >= 15 is 0 Å². The molecule has 1 aliphatic heterocycles. The number of hydrogen-bond acceptors (Lipinski definition) is 5. The molecule has 0 radical (unpaired) electrons. The standard InChI is InChI=1S/C24H28ClN3O5/c1-17-20(25)5-4-6-21(17)28-16-27(15-24(28)31)23(30)14-26(11-12-32-2)22(29)13-18-7-9-19(33-3)10-8-18/h4-10H,11-16H2,1-3H3. The normalized spacial score (nSPS) is 13.4. The Labute approximate surface area is 198 Å². The highest BCUT2D eigenvalue weighted by Gasteiger charge is 2.33. The summed E-state index contributed by atoms with van der Waals surface area (Å²) >= 11 is 6.19. The van der Waals surface area contributed by atoms with Crippen LogP contribution in [0.15, 0.2) is 42.5 Å². The molecule has 0 unspecified atom stereocenters. The Morgan fingerprint density at radius 1 is 1.12 bits per heavy atom. The lowest BCUT2D eigenvalue weighted by Gasteiger charge is -2.25. The van der Waals surface area contributed by atoms with Crippen LogP contribution in [0, 0.1) is 6.92 Å². The Morgan fingerprint density at radius 2 is 1.85 bits per heavy atom. The summed E-state index contributed by atoms with van der Waals surface area (Å²) in [5, 5.41) is 0.556. The van der Waals surface area contributed by atoms with Crippen LogP contribution in [0.25, 0.3) is 0 Å². The van der Waals surface area contributed by atoms with Gasteiger partial charge in [0.2, 0.25) is 17.7 Å². The summed E-state index contributed by atoms with van der Waals surface area (Å²) in [5.41, 5.74) is 2.27. The molecule has 2 aromatic rings. The number of nitrogens with zero attached hydrogens (tertiary/aromatic N) is 3. The van der Waals surface area contributed by atoms with Crippen molar-refractivity contribution in [2.24, 2.45) is 0 Å². The topological polar surface area (TPSA) is 79.4 Å². The van der Waals surface area contributed by atoms with Gasteiger partial charge in [-0.15, -0.1) is 0 Å². The lowest BCUT2D eigenvalue weighted by atomic mass is 10.1. The van der Waals surface area contributed by atoms with Crippen molar-refractivity contribution in [2.75, 3.05) is 52.0 Å². The number of rotatable bonds is 9. The van der Waals surface area contributed by atoms with Gasteiger partial charge < -0.3 is 19.3 Å². The third-order valence-electron chi connectivity index (χ3n) is 5.58. The van der Waals surface area contributed by atoms with Crippen molar-refractivity contribution in [3.63, 3.8) is 0 Å². The molecule has 0 atom stereocenters. The predicted molar refractivity (Wildman–Crippen MR) is 125 cm³/mol. The smallest absolute Gasteiger partial charge is 0.248 e. The third kappa shape index (κ3) is 6.03. The van der Waals surface area contributed by atoms with Crippen LogP contribution in [-0.2, 0) is 25.5 Å². The lowest BCUT2D eigenvalue weighted by Crippen LogP contribution is -2.44. The summed E-state index contributed by atoms with van der Waals surface area (Å²) in [6, 6.07) is 12.5. The second kappa shape index (κ2) is 11.2. The highest BCUT2D eigenvalue weighted by molar-refractivity contribution is 6.31. The van der Waals surface area contributed by atoms with Crippen molar-refractivity contribution in [3.05, 3.63) is 58.6 Å². The largest absolute Gasteiger partial charge is 0.497 e. The zero-order valence-corrected chi connectivity index (χ0v) is 19.8. The fraction of sp³-hybridized carbons (Fsp3) is 0.375. The fourth-order valence-electron chi connectivity index (χ4n) is 3.60. The maximum atomic E-state index is 13.0. The zero-order valence-electron chi connectivity index (χ0n) is 19.0. The Bertz CT molecular complexity index is 1010. The molecule has 2 aromatic carbocycles. The zero-order chi connectivity index (χ0) is 24.0. The van der Waals surface area contributed by atoms with Crippen LogP contribution in [-0.4, -0.2) is 74.7 Å². The number of carbonyl (C=O) groups is 3. The van der Waals surface area contributed by atoms with E-state index in [1.54, 1.807) is 37.4 Å². The molecule has 176 valence electrons. The van der Waals surface area contributed by atoms with Crippen LogP contribution in [0.1, 0.15) is 11.1 Å². The van der Waals surface area contributed by atoms with Gasteiger partial charge in [-0.05, 0) is 42.3 Å². The predicted octanol–water partition coefficient (Wildman–Crippen LogP) is 2.51. The maximum Gasteiger partial charge on any atom is 0.248 e. The van der Waals surface area contributed by atoms with Gasteiger partial charge in [-0.1, -0.05) is 29.8 Å². The summed E-state index contributed by atoms with van der Waals surface area (Å²) in [6.45, 7) is 2.34. The summed E-state index contributed by atoms with van der Waals surface area (Å²) < 4.78 is 10.3. The molecule has 0 spiro atoms. The van der Waals surface area contributed by atoms with Crippen LogP contribution < -0.4 is 9.64 Å². The summed E-state index contributed by atoms with van der Waals surface area (Å²) in [4.78, 5) is 43.0. The van der Waals surface area contributed by atoms with Gasteiger partial charge in [-0.2, -0.15) is 0 Å². The maximum absolute atomic E-state index is 13.0. The first kappa shape index (κ1) is 24.5. The second-order valence-electron chi connectivity index (χ2n) is 7.77. The molecule has 9 heteroatoms. The van der Waals surface area contributed by atoms with Gasteiger partial charge in [-0.25, -0.2) is 0 Å². The number of carbonyl (C=O) groups excluding carboxylic acids is 3.